The molecule has 5 nitrogen and oxygen atoms in total. The number of benzene rings is 1. The van der Waals surface area contributed by atoms with Crippen LogP contribution in [0.1, 0.15) is 49.8 Å². The number of anilines is 1. The van der Waals surface area contributed by atoms with Crippen LogP contribution < -0.4 is 5.32 Å². The number of hydrogen-bond donors (Lipinski definition) is 1. The van der Waals surface area contributed by atoms with Gasteiger partial charge in [-0.05, 0) is 38.5 Å². The van der Waals surface area contributed by atoms with E-state index in [0.29, 0.717) is 21.0 Å². The fraction of sp³-hybridized carbons (Fsp3) is 0.235. The molecule has 0 spiro atoms. The Morgan fingerprint density at radius 1 is 1.17 bits per heavy atom. The van der Waals surface area contributed by atoms with E-state index in [4.69, 9.17) is 4.74 Å². The first-order chi connectivity index (χ1) is 11.0. The van der Waals surface area contributed by atoms with E-state index in [0.717, 1.165) is 11.3 Å². The SMILES string of the molecule is CCOC(=O)c1c(NC(=O)c2ccccc2)sc(C(C)=O)c1C. The zero-order valence-electron chi connectivity index (χ0n) is 13.1. The molecule has 120 valence electrons. The zero-order valence-corrected chi connectivity index (χ0v) is 14.0. The largest absolute Gasteiger partial charge is 0.462 e. The Labute approximate surface area is 138 Å². The lowest BCUT2D eigenvalue weighted by atomic mass is 10.1. The van der Waals surface area contributed by atoms with E-state index >= 15 is 0 Å². The molecule has 1 N–H and O–H groups in total. The number of thiophene rings is 1. The van der Waals surface area contributed by atoms with Gasteiger partial charge in [-0.25, -0.2) is 4.79 Å². The third-order valence-electron chi connectivity index (χ3n) is 3.21. The molecule has 1 heterocycles. The van der Waals surface area contributed by atoms with Crippen LogP contribution in [0.5, 0.6) is 0 Å². The second-order valence-corrected chi connectivity index (χ2v) is 5.88. The summed E-state index contributed by atoms with van der Waals surface area (Å²) in [7, 11) is 0. The summed E-state index contributed by atoms with van der Waals surface area (Å²) in [5, 5.41) is 3.04. The summed E-state index contributed by atoms with van der Waals surface area (Å²) in [6.45, 7) is 5.03. The number of amides is 1. The molecule has 0 unspecified atom stereocenters. The van der Waals surface area contributed by atoms with Crippen LogP contribution in [-0.4, -0.2) is 24.3 Å². The third-order valence-corrected chi connectivity index (χ3v) is 4.52. The number of carbonyl (C=O) groups is 3. The quantitative estimate of drug-likeness (QED) is 0.670. The summed E-state index contributed by atoms with van der Waals surface area (Å²) in [4.78, 5) is 36.6. The highest BCUT2D eigenvalue weighted by atomic mass is 32.1. The minimum atomic E-state index is -0.544. The maximum atomic E-state index is 12.3. The van der Waals surface area contributed by atoms with Crippen molar-refractivity contribution in [2.75, 3.05) is 11.9 Å². The molecule has 2 aromatic rings. The number of nitrogens with one attached hydrogen (secondary N) is 1. The van der Waals surface area contributed by atoms with E-state index in [1.165, 1.54) is 6.92 Å². The van der Waals surface area contributed by atoms with Gasteiger partial charge in [0.15, 0.2) is 5.78 Å². The van der Waals surface area contributed by atoms with Crippen molar-refractivity contribution in [3.63, 3.8) is 0 Å². The van der Waals surface area contributed by atoms with Gasteiger partial charge in [-0.3, -0.25) is 9.59 Å². The maximum absolute atomic E-state index is 12.3. The fourth-order valence-electron chi connectivity index (χ4n) is 2.15. The van der Waals surface area contributed by atoms with Crippen molar-refractivity contribution >= 4 is 34.0 Å². The summed E-state index contributed by atoms with van der Waals surface area (Å²) in [5.74, 6) is -1.04. The van der Waals surface area contributed by atoms with Gasteiger partial charge in [0.05, 0.1) is 17.0 Å². The molecular weight excluding hydrogens is 314 g/mol. The fourth-order valence-corrected chi connectivity index (χ4v) is 3.24. The molecule has 1 aromatic carbocycles. The van der Waals surface area contributed by atoms with Crippen molar-refractivity contribution in [3.8, 4) is 0 Å². The highest BCUT2D eigenvalue weighted by Crippen LogP contribution is 2.34. The predicted octanol–water partition coefficient (Wildman–Crippen LogP) is 3.69. The van der Waals surface area contributed by atoms with Crippen LogP contribution in [0.2, 0.25) is 0 Å². The Balaban J connectivity index is 2.40. The number of esters is 1. The molecule has 1 aromatic heterocycles. The number of carbonyl (C=O) groups excluding carboxylic acids is 3. The molecule has 0 bridgehead atoms. The summed E-state index contributed by atoms with van der Waals surface area (Å²) in [6.07, 6.45) is 0. The van der Waals surface area contributed by atoms with E-state index in [-0.39, 0.29) is 23.9 Å². The highest BCUT2D eigenvalue weighted by molar-refractivity contribution is 7.18. The minimum absolute atomic E-state index is 0.154. The summed E-state index contributed by atoms with van der Waals surface area (Å²) in [5.41, 5.74) is 1.24. The lowest BCUT2D eigenvalue weighted by Gasteiger charge is -2.07. The van der Waals surface area contributed by atoms with Crippen LogP contribution in [-0.2, 0) is 4.74 Å². The van der Waals surface area contributed by atoms with Crippen LogP contribution in [0.3, 0.4) is 0 Å². The lowest BCUT2D eigenvalue weighted by molar-refractivity contribution is 0.0527. The molecule has 0 aliphatic rings. The summed E-state index contributed by atoms with van der Waals surface area (Å²) >= 11 is 1.09. The summed E-state index contributed by atoms with van der Waals surface area (Å²) < 4.78 is 5.03. The topological polar surface area (TPSA) is 72.5 Å². The third kappa shape index (κ3) is 3.65. The lowest BCUT2D eigenvalue weighted by Crippen LogP contribution is -2.14. The number of Topliss-reactive ketones (excluding diaryl/α,β-unsaturated/α-hetero) is 1. The van der Waals surface area contributed by atoms with Crippen LogP contribution in [0, 0.1) is 6.92 Å². The monoisotopic (exact) mass is 331 g/mol. The van der Waals surface area contributed by atoms with Gasteiger partial charge in [0.25, 0.3) is 5.91 Å². The Morgan fingerprint density at radius 2 is 1.83 bits per heavy atom. The van der Waals surface area contributed by atoms with E-state index in [9.17, 15) is 14.4 Å². The van der Waals surface area contributed by atoms with Crippen molar-refractivity contribution in [2.24, 2.45) is 0 Å². The van der Waals surface area contributed by atoms with Crippen LogP contribution in [0.4, 0.5) is 5.00 Å². The average Bonchev–Trinajstić information content (AvgIpc) is 2.85. The van der Waals surface area contributed by atoms with Crippen molar-refractivity contribution in [3.05, 3.63) is 51.9 Å². The zero-order chi connectivity index (χ0) is 17.0. The van der Waals surface area contributed by atoms with E-state index in [2.05, 4.69) is 5.32 Å². The van der Waals surface area contributed by atoms with Gasteiger partial charge < -0.3 is 10.1 Å². The van der Waals surface area contributed by atoms with Gasteiger partial charge in [-0.15, -0.1) is 11.3 Å². The standard InChI is InChI=1S/C17H17NO4S/c1-4-22-17(21)13-10(2)14(11(3)19)23-16(13)18-15(20)12-8-6-5-7-9-12/h5-9H,4H2,1-3H3,(H,18,20). The van der Waals surface area contributed by atoms with E-state index < -0.39 is 5.97 Å². The number of ketones is 1. The molecule has 6 heteroatoms. The van der Waals surface area contributed by atoms with Crippen LogP contribution in [0.25, 0.3) is 0 Å². The van der Waals surface area contributed by atoms with Gasteiger partial charge in [0, 0.05) is 5.56 Å². The van der Waals surface area contributed by atoms with Gasteiger partial charge >= 0.3 is 5.97 Å². The van der Waals surface area contributed by atoms with Crippen LogP contribution >= 0.6 is 11.3 Å². The Kier molecular flexibility index (Phi) is 5.28. The van der Waals surface area contributed by atoms with Gasteiger partial charge in [-0.2, -0.15) is 0 Å². The predicted molar refractivity (Wildman–Crippen MR) is 89.4 cm³/mol. The van der Waals surface area contributed by atoms with Crippen LogP contribution in [0.15, 0.2) is 30.3 Å². The molecule has 0 aliphatic heterocycles. The normalized spacial score (nSPS) is 10.2. The first-order valence-corrected chi connectivity index (χ1v) is 7.95. The maximum Gasteiger partial charge on any atom is 0.341 e. The summed E-state index contributed by atoms with van der Waals surface area (Å²) in [6, 6.07) is 8.66. The van der Waals surface area contributed by atoms with E-state index in [1.807, 2.05) is 6.07 Å². The van der Waals surface area contributed by atoms with Crippen molar-refractivity contribution in [1.29, 1.82) is 0 Å². The van der Waals surface area contributed by atoms with Gasteiger partial charge in [0.2, 0.25) is 0 Å². The average molecular weight is 331 g/mol. The first kappa shape index (κ1) is 16.9. The second kappa shape index (κ2) is 7.19. The van der Waals surface area contributed by atoms with Gasteiger partial charge in [0.1, 0.15) is 5.00 Å². The molecule has 0 saturated heterocycles. The molecule has 0 saturated carbocycles. The second-order valence-electron chi connectivity index (χ2n) is 4.86. The molecule has 2 rings (SSSR count). The molecule has 23 heavy (non-hydrogen) atoms. The molecular formula is C17H17NO4S. The molecule has 0 aliphatic carbocycles. The van der Waals surface area contributed by atoms with Gasteiger partial charge in [-0.1, -0.05) is 18.2 Å². The Hall–Kier alpha value is -2.47. The Bertz CT molecular complexity index is 749. The first-order valence-electron chi connectivity index (χ1n) is 7.13. The molecule has 0 radical (unpaired) electrons. The minimum Gasteiger partial charge on any atom is -0.462 e. The number of rotatable bonds is 5. The van der Waals surface area contributed by atoms with Crippen molar-refractivity contribution in [1.82, 2.24) is 0 Å². The smallest absolute Gasteiger partial charge is 0.341 e. The molecule has 1 amide bonds. The molecule has 0 atom stereocenters. The number of hydrogen-bond acceptors (Lipinski definition) is 5. The Morgan fingerprint density at radius 3 is 2.39 bits per heavy atom. The number of ether oxygens (including phenoxy) is 1. The molecule has 0 fully saturated rings. The van der Waals surface area contributed by atoms with Crippen molar-refractivity contribution in [2.45, 2.75) is 20.8 Å². The van der Waals surface area contributed by atoms with Crippen molar-refractivity contribution < 1.29 is 19.1 Å². The highest BCUT2D eigenvalue weighted by Gasteiger charge is 2.25. The van der Waals surface area contributed by atoms with E-state index in [1.54, 1.807) is 38.1 Å².